The number of carbonyl (C=O) groups is 1. The van der Waals surface area contributed by atoms with E-state index in [-0.39, 0.29) is 5.91 Å². The van der Waals surface area contributed by atoms with E-state index in [1.165, 1.54) is 12.1 Å². The topological polar surface area (TPSA) is 29.5 Å². The fourth-order valence-corrected chi connectivity index (χ4v) is 2.08. The molecule has 1 aromatic rings. The summed E-state index contributed by atoms with van der Waals surface area (Å²) in [6.45, 7) is 2.27. The maximum absolute atomic E-state index is 12.4. The summed E-state index contributed by atoms with van der Waals surface area (Å²) in [7, 11) is 0. The molecule has 1 saturated heterocycles. The van der Waals surface area contributed by atoms with Crippen molar-refractivity contribution >= 4 is 5.91 Å². The number of ether oxygens (including phenoxy) is 1. The van der Waals surface area contributed by atoms with Gasteiger partial charge >= 0.3 is 6.18 Å². The average Bonchev–Trinajstić information content (AvgIpc) is 2.45. The van der Waals surface area contributed by atoms with Crippen molar-refractivity contribution in [3.63, 3.8) is 0 Å². The normalized spacial score (nSPS) is 16.2. The van der Waals surface area contributed by atoms with Crippen molar-refractivity contribution in [1.29, 1.82) is 0 Å². The van der Waals surface area contributed by atoms with E-state index in [4.69, 9.17) is 4.74 Å². The van der Waals surface area contributed by atoms with Gasteiger partial charge in [-0.25, -0.2) is 0 Å². The highest BCUT2D eigenvalue weighted by atomic mass is 19.4. The van der Waals surface area contributed by atoms with E-state index < -0.39 is 11.7 Å². The van der Waals surface area contributed by atoms with Crippen LogP contribution in [0.25, 0.3) is 0 Å². The monoisotopic (exact) mass is 287 g/mol. The van der Waals surface area contributed by atoms with Crippen LogP contribution in [0.4, 0.5) is 13.2 Å². The summed E-state index contributed by atoms with van der Waals surface area (Å²) in [6.07, 6.45) is -3.55. The smallest absolute Gasteiger partial charge is 0.378 e. The molecule has 2 rings (SSSR count). The number of aryl methyl sites for hydroxylation is 1. The first-order valence-electron chi connectivity index (χ1n) is 6.48. The highest BCUT2D eigenvalue weighted by molar-refractivity contribution is 5.76. The van der Waals surface area contributed by atoms with Gasteiger partial charge in [0.2, 0.25) is 5.91 Å². The van der Waals surface area contributed by atoms with Crippen molar-refractivity contribution in [2.24, 2.45) is 0 Å². The fraction of sp³-hybridized carbons (Fsp3) is 0.500. The van der Waals surface area contributed by atoms with Crippen LogP contribution in [0.3, 0.4) is 0 Å². The molecule has 1 aliphatic rings. The largest absolute Gasteiger partial charge is 0.416 e. The maximum atomic E-state index is 12.4. The number of morpholine rings is 1. The minimum Gasteiger partial charge on any atom is -0.378 e. The number of nitrogens with zero attached hydrogens (tertiary/aromatic N) is 1. The Hall–Kier alpha value is -1.56. The predicted octanol–water partition coefficient (Wildman–Crippen LogP) is 2.50. The van der Waals surface area contributed by atoms with Crippen molar-refractivity contribution in [1.82, 2.24) is 4.90 Å². The van der Waals surface area contributed by atoms with Crippen LogP contribution in [0.1, 0.15) is 17.5 Å². The van der Waals surface area contributed by atoms with Gasteiger partial charge in [-0.1, -0.05) is 12.1 Å². The van der Waals surface area contributed by atoms with Crippen LogP contribution in [0.2, 0.25) is 0 Å². The second-order valence-corrected chi connectivity index (χ2v) is 4.69. The fourth-order valence-electron chi connectivity index (χ4n) is 2.08. The molecule has 1 aliphatic heterocycles. The molecule has 1 fully saturated rings. The number of amides is 1. The van der Waals surface area contributed by atoms with Gasteiger partial charge in [0.05, 0.1) is 18.8 Å². The molecule has 1 aromatic carbocycles. The molecule has 1 amide bonds. The standard InChI is InChI=1S/C14H16F3NO2/c15-14(16,17)12-4-1-11(2-5-12)3-6-13(19)18-7-9-20-10-8-18/h1-2,4-5H,3,6-10H2. The van der Waals surface area contributed by atoms with E-state index >= 15 is 0 Å². The maximum Gasteiger partial charge on any atom is 0.416 e. The molecule has 0 saturated carbocycles. The number of alkyl halides is 3. The van der Waals surface area contributed by atoms with Crippen molar-refractivity contribution < 1.29 is 22.7 Å². The van der Waals surface area contributed by atoms with Gasteiger partial charge in [-0.3, -0.25) is 4.79 Å². The average molecular weight is 287 g/mol. The Morgan fingerprint density at radius 1 is 1.15 bits per heavy atom. The lowest BCUT2D eigenvalue weighted by Gasteiger charge is -2.26. The Morgan fingerprint density at radius 2 is 1.75 bits per heavy atom. The van der Waals surface area contributed by atoms with Gasteiger partial charge in [0, 0.05) is 19.5 Å². The summed E-state index contributed by atoms with van der Waals surface area (Å²) in [4.78, 5) is 13.6. The van der Waals surface area contributed by atoms with E-state index in [9.17, 15) is 18.0 Å². The third-order valence-corrected chi connectivity index (χ3v) is 3.27. The third-order valence-electron chi connectivity index (χ3n) is 3.27. The second kappa shape index (κ2) is 6.26. The first kappa shape index (κ1) is 14.8. The zero-order valence-corrected chi connectivity index (χ0v) is 10.9. The van der Waals surface area contributed by atoms with Crippen LogP contribution in [-0.4, -0.2) is 37.1 Å². The minimum absolute atomic E-state index is 0.0215. The van der Waals surface area contributed by atoms with Crippen LogP contribution in [0.15, 0.2) is 24.3 Å². The van der Waals surface area contributed by atoms with Crippen molar-refractivity contribution in [2.75, 3.05) is 26.3 Å². The van der Waals surface area contributed by atoms with Crippen LogP contribution >= 0.6 is 0 Å². The molecule has 0 atom stereocenters. The van der Waals surface area contributed by atoms with Gasteiger partial charge in [0.25, 0.3) is 0 Å². The molecular weight excluding hydrogens is 271 g/mol. The van der Waals surface area contributed by atoms with E-state index in [1.54, 1.807) is 4.90 Å². The summed E-state index contributed by atoms with van der Waals surface area (Å²) >= 11 is 0. The molecule has 1 heterocycles. The Balaban J connectivity index is 1.86. The summed E-state index contributed by atoms with van der Waals surface area (Å²) in [6, 6.07) is 4.95. The lowest BCUT2D eigenvalue weighted by atomic mass is 10.1. The number of hydrogen-bond donors (Lipinski definition) is 0. The van der Waals surface area contributed by atoms with Gasteiger partial charge < -0.3 is 9.64 Å². The Kier molecular flexibility index (Phi) is 4.65. The van der Waals surface area contributed by atoms with E-state index in [2.05, 4.69) is 0 Å². The number of halogens is 3. The van der Waals surface area contributed by atoms with Gasteiger partial charge in [-0.15, -0.1) is 0 Å². The zero-order chi connectivity index (χ0) is 14.6. The highest BCUT2D eigenvalue weighted by Crippen LogP contribution is 2.29. The third kappa shape index (κ3) is 3.96. The van der Waals surface area contributed by atoms with Crippen LogP contribution in [0.5, 0.6) is 0 Å². The number of hydrogen-bond acceptors (Lipinski definition) is 2. The van der Waals surface area contributed by atoms with E-state index in [0.717, 1.165) is 17.7 Å². The molecule has 0 radical (unpaired) electrons. The van der Waals surface area contributed by atoms with Crippen molar-refractivity contribution in [3.8, 4) is 0 Å². The zero-order valence-electron chi connectivity index (χ0n) is 10.9. The molecule has 0 unspecified atom stereocenters. The minimum atomic E-state index is -4.32. The lowest BCUT2D eigenvalue weighted by Crippen LogP contribution is -2.40. The van der Waals surface area contributed by atoms with Crippen LogP contribution < -0.4 is 0 Å². The molecule has 6 heteroatoms. The SMILES string of the molecule is O=C(CCc1ccc(C(F)(F)F)cc1)N1CCOCC1. The van der Waals surface area contributed by atoms with Crippen molar-refractivity contribution in [3.05, 3.63) is 35.4 Å². The van der Waals surface area contributed by atoms with Crippen LogP contribution in [0, 0.1) is 0 Å². The quantitative estimate of drug-likeness (QED) is 0.855. The number of rotatable bonds is 3. The predicted molar refractivity (Wildman–Crippen MR) is 67.2 cm³/mol. The van der Waals surface area contributed by atoms with Gasteiger partial charge in [0.1, 0.15) is 0 Å². The number of carbonyl (C=O) groups excluding carboxylic acids is 1. The Labute approximate surface area is 115 Å². The summed E-state index contributed by atoms with van der Waals surface area (Å²) in [5.41, 5.74) is 0.0698. The number of benzene rings is 1. The van der Waals surface area contributed by atoms with Crippen molar-refractivity contribution in [2.45, 2.75) is 19.0 Å². The summed E-state index contributed by atoms with van der Waals surface area (Å²) < 4.78 is 42.4. The summed E-state index contributed by atoms with van der Waals surface area (Å²) in [5.74, 6) is 0.0215. The lowest BCUT2D eigenvalue weighted by molar-refractivity contribution is -0.137. The van der Waals surface area contributed by atoms with Gasteiger partial charge in [-0.2, -0.15) is 13.2 Å². The highest BCUT2D eigenvalue weighted by Gasteiger charge is 2.29. The molecule has 0 aromatic heterocycles. The Morgan fingerprint density at radius 3 is 2.30 bits per heavy atom. The first-order chi connectivity index (χ1) is 9.47. The second-order valence-electron chi connectivity index (χ2n) is 4.69. The van der Waals surface area contributed by atoms with E-state index in [1.807, 2.05) is 0 Å². The molecule has 3 nitrogen and oxygen atoms in total. The molecule has 0 bridgehead atoms. The summed E-state index contributed by atoms with van der Waals surface area (Å²) in [5, 5.41) is 0. The Bertz CT molecular complexity index is 450. The molecule has 0 N–H and O–H groups in total. The van der Waals surface area contributed by atoms with Gasteiger partial charge in [-0.05, 0) is 24.1 Å². The van der Waals surface area contributed by atoms with E-state index in [0.29, 0.717) is 39.1 Å². The molecular formula is C14H16F3NO2. The molecule has 110 valence electrons. The molecule has 20 heavy (non-hydrogen) atoms. The van der Waals surface area contributed by atoms with Crippen LogP contribution in [-0.2, 0) is 22.1 Å². The van der Waals surface area contributed by atoms with Gasteiger partial charge in [0.15, 0.2) is 0 Å². The molecule has 0 spiro atoms. The first-order valence-corrected chi connectivity index (χ1v) is 6.48. The molecule has 0 aliphatic carbocycles.